The molecule has 3 N–H and O–H groups in total. The van der Waals surface area contributed by atoms with Crippen LogP contribution in [0.25, 0.3) is 0 Å². The summed E-state index contributed by atoms with van der Waals surface area (Å²) in [6, 6.07) is 19.1. The molecule has 1 saturated carbocycles. The van der Waals surface area contributed by atoms with Gasteiger partial charge < -0.3 is 43.8 Å². The van der Waals surface area contributed by atoms with Crippen LogP contribution in [0.2, 0.25) is 0 Å². The molecule has 1 heterocycles. The van der Waals surface area contributed by atoms with E-state index in [0.29, 0.717) is 47.8 Å². The number of aliphatic hydroxyl groups is 3. The van der Waals surface area contributed by atoms with E-state index in [1.54, 1.807) is 34.9 Å². The summed E-state index contributed by atoms with van der Waals surface area (Å²) < 4.78 is 33.2. The number of carbonyl (C=O) groups is 1. The van der Waals surface area contributed by atoms with Crippen molar-refractivity contribution in [2.75, 3.05) is 59.0 Å². The highest BCUT2D eigenvalue weighted by atomic mass is 32.2. The first-order chi connectivity index (χ1) is 36.2. The Kier molecular flexibility index (Phi) is 24.6. The number of unbranched alkanes of at least 4 members (excludes halogenated alkanes) is 11. The van der Waals surface area contributed by atoms with E-state index in [2.05, 4.69) is 25.6 Å². The van der Waals surface area contributed by atoms with Crippen molar-refractivity contribution in [2.45, 2.75) is 145 Å². The third kappa shape index (κ3) is 16.0. The number of ether oxygens (including phenoxy) is 5. The molecule has 6 rings (SSSR count). The van der Waals surface area contributed by atoms with Crippen LogP contribution in [0.3, 0.4) is 0 Å². The molecule has 1 amide bonds. The summed E-state index contributed by atoms with van der Waals surface area (Å²) in [7, 11) is 0. The zero-order chi connectivity index (χ0) is 52.5. The summed E-state index contributed by atoms with van der Waals surface area (Å²) in [6.45, 7) is 6.79. The number of rotatable bonds is 35. The van der Waals surface area contributed by atoms with Gasteiger partial charge in [-0.05, 0) is 116 Å². The van der Waals surface area contributed by atoms with Crippen LogP contribution in [0.4, 0.5) is 10.5 Å². The minimum absolute atomic E-state index is 0.00589. The van der Waals surface area contributed by atoms with Crippen molar-refractivity contribution < 1.29 is 53.6 Å². The third-order valence-electron chi connectivity index (χ3n) is 14.5. The Morgan fingerprint density at radius 2 is 1.55 bits per heavy atom. The lowest BCUT2D eigenvalue weighted by atomic mass is 9.55. The van der Waals surface area contributed by atoms with E-state index < -0.39 is 28.8 Å². The fourth-order valence-electron chi connectivity index (χ4n) is 10.9. The van der Waals surface area contributed by atoms with E-state index >= 15 is 0 Å². The SMILES string of the molecule is C=CCOC12Oc3ccc(Oc4ccc(SC)cc4)cc3C3C(CCCCO)C(CCCCO)C=C(C(=NOCc4ccc([N+](=O)[O-])cc4)CC1N(CCOCCO)C(=O)OCCCCCCCCCCCC)C32. The molecule has 6 unspecified atom stereocenters. The van der Waals surface area contributed by atoms with Crippen molar-refractivity contribution in [1.82, 2.24) is 4.90 Å². The molecule has 406 valence electrons. The second-order valence-electron chi connectivity index (χ2n) is 19.6. The van der Waals surface area contributed by atoms with Crippen LogP contribution in [0.5, 0.6) is 17.2 Å². The lowest BCUT2D eigenvalue weighted by Gasteiger charge is -2.59. The Balaban J connectivity index is 1.46. The summed E-state index contributed by atoms with van der Waals surface area (Å²) >= 11 is 1.65. The molecule has 1 aliphatic heterocycles. The van der Waals surface area contributed by atoms with Gasteiger partial charge in [0.25, 0.3) is 5.69 Å². The number of thioether (sulfide) groups is 1. The first-order valence-corrected chi connectivity index (χ1v) is 28.3. The number of hydrogen-bond acceptors (Lipinski definition) is 14. The van der Waals surface area contributed by atoms with Crippen LogP contribution in [-0.2, 0) is 25.7 Å². The normalized spacial score (nSPS) is 21.2. The van der Waals surface area contributed by atoms with Gasteiger partial charge in [0.15, 0.2) is 0 Å². The van der Waals surface area contributed by atoms with Crippen molar-refractivity contribution in [3.05, 3.63) is 112 Å². The number of nitro groups is 1. The smallest absolute Gasteiger partial charge is 0.410 e. The average molecular weight is 1040 g/mol. The van der Waals surface area contributed by atoms with Crippen LogP contribution in [0, 0.1) is 27.9 Å². The zero-order valence-corrected chi connectivity index (χ0v) is 44.6. The van der Waals surface area contributed by atoms with Crippen LogP contribution in [-0.4, -0.2) is 108 Å². The van der Waals surface area contributed by atoms with Gasteiger partial charge in [-0.15, -0.1) is 18.3 Å². The van der Waals surface area contributed by atoms with E-state index in [1.807, 2.05) is 42.7 Å². The van der Waals surface area contributed by atoms with Gasteiger partial charge in [-0.2, -0.15) is 0 Å². The van der Waals surface area contributed by atoms with E-state index in [4.69, 9.17) is 33.7 Å². The lowest BCUT2D eigenvalue weighted by Crippen LogP contribution is -2.70. The minimum Gasteiger partial charge on any atom is -0.459 e. The van der Waals surface area contributed by atoms with Crippen molar-refractivity contribution in [1.29, 1.82) is 0 Å². The van der Waals surface area contributed by atoms with Crippen LogP contribution < -0.4 is 9.47 Å². The first kappa shape index (κ1) is 58.3. The quantitative estimate of drug-likeness (QED) is 0.0166. The maximum absolute atomic E-state index is 14.9. The molecule has 6 atom stereocenters. The highest BCUT2D eigenvalue weighted by Gasteiger charge is 2.65. The largest absolute Gasteiger partial charge is 0.459 e. The van der Waals surface area contributed by atoms with E-state index in [9.17, 15) is 30.2 Å². The van der Waals surface area contributed by atoms with Gasteiger partial charge in [-0.25, -0.2) is 4.79 Å². The van der Waals surface area contributed by atoms with Crippen molar-refractivity contribution in [3.63, 3.8) is 0 Å². The van der Waals surface area contributed by atoms with Gasteiger partial charge in [0.2, 0.25) is 5.79 Å². The highest BCUT2D eigenvalue weighted by Crippen LogP contribution is 2.62. The number of carbonyl (C=O) groups excluding carboxylic acids is 1. The van der Waals surface area contributed by atoms with E-state index in [0.717, 1.165) is 61.0 Å². The molecule has 0 spiro atoms. The number of allylic oxidation sites excluding steroid dienone is 1. The summed E-state index contributed by atoms with van der Waals surface area (Å²) in [6.07, 6.45) is 21.2. The zero-order valence-electron chi connectivity index (χ0n) is 43.7. The van der Waals surface area contributed by atoms with E-state index in [-0.39, 0.29) is 89.3 Å². The maximum atomic E-state index is 14.9. The third-order valence-corrected chi connectivity index (χ3v) is 15.3. The molecule has 16 heteroatoms. The Bertz CT molecular complexity index is 2240. The number of nitrogens with zero attached hydrogens (tertiary/aromatic N) is 3. The first-order valence-electron chi connectivity index (χ1n) is 27.1. The summed E-state index contributed by atoms with van der Waals surface area (Å²) in [5.41, 5.74) is 2.99. The number of hydrogen-bond donors (Lipinski definition) is 3. The molecule has 1 fully saturated rings. The molecule has 3 aromatic rings. The fourth-order valence-corrected chi connectivity index (χ4v) is 11.3. The van der Waals surface area contributed by atoms with E-state index in [1.165, 1.54) is 50.7 Å². The van der Waals surface area contributed by atoms with Crippen LogP contribution >= 0.6 is 11.8 Å². The number of fused-ring (bicyclic) bond motifs is 2. The molecule has 74 heavy (non-hydrogen) atoms. The van der Waals surface area contributed by atoms with Gasteiger partial charge in [0, 0.05) is 54.7 Å². The van der Waals surface area contributed by atoms with Crippen molar-refractivity contribution in [2.24, 2.45) is 22.9 Å². The Hall–Kier alpha value is -4.97. The monoisotopic (exact) mass is 1040 g/mol. The highest BCUT2D eigenvalue weighted by molar-refractivity contribution is 7.98. The second-order valence-corrected chi connectivity index (χ2v) is 20.5. The maximum Gasteiger partial charge on any atom is 0.410 e. The minimum atomic E-state index is -1.54. The number of benzene rings is 3. The molecule has 0 aromatic heterocycles. The average Bonchev–Trinajstić information content (AvgIpc) is 3.41. The topological polar surface area (TPSA) is 192 Å². The Morgan fingerprint density at radius 3 is 2.22 bits per heavy atom. The van der Waals surface area contributed by atoms with Gasteiger partial charge in [-0.1, -0.05) is 94.9 Å². The number of nitro benzene ring substituents is 1. The molecule has 0 radical (unpaired) electrons. The number of aliphatic hydroxyl groups excluding tert-OH is 3. The molecule has 3 aliphatic rings. The standard InChI is InChI=1S/C58H81N3O12S/c1-4-6-7-8-9-10-11-12-13-18-36-69-57(65)60(31-37-68-38-34-64)54-41-52(59-71-42-43-21-23-45(24-22-43)61(66)67)50-39-44(19-14-16-32-62)49(20-15-17-33-63)55-51-40-47(72-46-25-28-48(74-3)29-26-46)27-30-53(51)73-58(54,56(50)55)70-35-5-2/h5,21-30,39-40,44,49,54-56,62-64H,2,4,6-20,31-38,41-42H2,1,3H3. The number of amides is 1. The molecule has 2 aliphatic carbocycles. The van der Waals surface area contributed by atoms with Gasteiger partial charge >= 0.3 is 6.09 Å². The van der Waals surface area contributed by atoms with Gasteiger partial charge in [0.05, 0.1) is 49.6 Å². The Labute approximate surface area is 442 Å². The number of oxime groups is 1. The van der Waals surface area contributed by atoms with Crippen LogP contribution in [0.15, 0.2) is 101 Å². The second kappa shape index (κ2) is 31.2. The molecular weight excluding hydrogens is 963 g/mol. The summed E-state index contributed by atoms with van der Waals surface area (Å²) in [5.74, 6) is -0.574. The van der Waals surface area contributed by atoms with Crippen molar-refractivity contribution in [3.8, 4) is 17.2 Å². The molecule has 0 saturated heterocycles. The van der Waals surface area contributed by atoms with Crippen molar-refractivity contribution >= 4 is 29.3 Å². The summed E-state index contributed by atoms with van der Waals surface area (Å²) in [4.78, 5) is 34.9. The molecular formula is C58H81N3O12S. The number of non-ortho nitro benzene ring substituents is 1. The predicted molar refractivity (Wildman–Crippen MR) is 289 cm³/mol. The predicted octanol–water partition coefficient (Wildman–Crippen LogP) is 12.3. The molecule has 3 aromatic carbocycles. The Morgan fingerprint density at radius 1 is 0.865 bits per heavy atom. The lowest BCUT2D eigenvalue weighted by molar-refractivity contribution is -0.384. The van der Waals surface area contributed by atoms with Gasteiger partial charge in [0.1, 0.15) is 29.9 Å². The summed E-state index contributed by atoms with van der Waals surface area (Å²) in [5, 5.41) is 46.2. The van der Waals surface area contributed by atoms with Gasteiger partial charge in [-0.3, -0.25) is 15.0 Å². The van der Waals surface area contributed by atoms with Crippen LogP contribution in [0.1, 0.15) is 133 Å². The molecule has 0 bridgehead atoms. The molecule has 15 nitrogen and oxygen atoms in total. The fraction of sp³-hybridized carbons (Fsp3) is 0.586.